The average Bonchev–Trinajstić information content (AvgIpc) is 2.79. The van der Waals surface area contributed by atoms with Crippen LogP contribution in [-0.2, 0) is 30.0 Å². The lowest BCUT2D eigenvalue weighted by Gasteiger charge is -2.34. The van der Waals surface area contributed by atoms with Crippen molar-refractivity contribution >= 4 is 17.6 Å². The molecule has 0 saturated carbocycles. The number of fused-ring (bicyclic) bond motifs is 2. The largest absolute Gasteiger partial charge is 0.466 e. The molecule has 0 fully saturated rings. The molecule has 0 aliphatic carbocycles. The molecule has 4 rings (SSSR count). The lowest BCUT2D eigenvalue weighted by Crippen LogP contribution is -2.39. The van der Waals surface area contributed by atoms with Crippen LogP contribution in [0, 0.1) is 0 Å². The molecule has 2 aromatic rings. The maximum Gasteiger partial charge on any atom is 0.416 e. The molecule has 0 radical (unpaired) electrons. The van der Waals surface area contributed by atoms with E-state index in [1.807, 2.05) is 0 Å². The molecule has 0 N–H and O–H groups in total. The zero-order valence-electron chi connectivity index (χ0n) is 16.8. The van der Waals surface area contributed by atoms with Crippen LogP contribution in [0.5, 0.6) is 23.0 Å². The van der Waals surface area contributed by atoms with E-state index in [-0.39, 0.29) is 53.3 Å². The molecular weight excluding hydrogens is 435 g/mol. The second kappa shape index (κ2) is 8.08. The van der Waals surface area contributed by atoms with Gasteiger partial charge in [0.2, 0.25) is 0 Å². The van der Waals surface area contributed by atoms with Crippen LogP contribution in [0.3, 0.4) is 0 Å². The first kappa shape index (κ1) is 21.5. The number of nitrogens with zero attached hydrogens (tertiary/aromatic N) is 1. The Morgan fingerprint density at radius 2 is 1.62 bits per heavy atom. The van der Waals surface area contributed by atoms with E-state index >= 15 is 0 Å². The standard InChI is InChI=1S/C21H16F3NO7/c1-28-19(26)12-9-30-10-25(17(12)20(27)29-2)13-7-11(21(22,23)24)8-16-18(13)32-15-6-4-3-5-14(15)31-16/h3-8H,9-10H2,1-2H3. The van der Waals surface area contributed by atoms with Crippen LogP contribution in [0.4, 0.5) is 18.9 Å². The third kappa shape index (κ3) is 3.71. The first-order valence-electron chi connectivity index (χ1n) is 9.19. The highest BCUT2D eigenvalue weighted by Gasteiger charge is 2.39. The van der Waals surface area contributed by atoms with Crippen molar-refractivity contribution in [2.24, 2.45) is 0 Å². The summed E-state index contributed by atoms with van der Waals surface area (Å²) < 4.78 is 67.3. The number of alkyl halides is 3. The molecule has 11 heteroatoms. The van der Waals surface area contributed by atoms with Crippen LogP contribution in [-0.4, -0.2) is 39.5 Å². The summed E-state index contributed by atoms with van der Waals surface area (Å²) in [5, 5.41) is 0. The second-order valence-electron chi connectivity index (χ2n) is 6.69. The van der Waals surface area contributed by atoms with E-state index in [0.717, 1.165) is 31.3 Å². The second-order valence-corrected chi connectivity index (χ2v) is 6.69. The van der Waals surface area contributed by atoms with Gasteiger partial charge in [0.15, 0.2) is 23.0 Å². The Labute approximate surface area is 179 Å². The van der Waals surface area contributed by atoms with Gasteiger partial charge >= 0.3 is 18.1 Å². The molecule has 2 aliphatic heterocycles. The summed E-state index contributed by atoms with van der Waals surface area (Å²) in [7, 11) is 2.18. The fourth-order valence-electron chi connectivity index (χ4n) is 3.31. The van der Waals surface area contributed by atoms with Gasteiger partial charge in [-0.25, -0.2) is 9.59 Å². The van der Waals surface area contributed by atoms with Crippen molar-refractivity contribution in [3.8, 4) is 23.0 Å². The van der Waals surface area contributed by atoms with Gasteiger partial charge in [0.25, 0.3) is 0 Å². The monoisotopic (exact) mass is 451 g/mol. The molecule has 2 aromatic carbocycles. The fraction of sp³-hybridized carbons (Fsp3) is 0.238. The Hall–Kier alpha value is -3.73. The van der Waals surface area contributed by atoms with Gasteiger partial charge in [-0.1, -0.05) is 12.1 Å². The Bertz CT molecular complexity index is 1130. The summed E-state index contributed by atoms with van der Waals surface area (Å²) in [6.45, 7) is -0.654. The van der Waals surface area contributed by atoms with E-state index in [1.165, 1.54) is 6.07 Å². The van der Waals surface area contributed by atoms with Crippen molar-refractivity contribution in [2.45, 2.75) is 6.18 Å². The van der Waals surface area contributed by atoms with Crippen LogP contribution in [0.15, 0.2) is 47.7 Å². The zero-order valence-corrected chi connectivity index (χ0v) is 16.8. The van der Waals surface area contributed by atoms with Crippen molar-refractivity contribution in [1.82, 2.24) is 0 Å². The van der Waals surface area contributed by atoms with Crippen LogP contribution in [0.1, 0.15) is 5.56 Å². The van der Waals surface area contributed by atoms with Crippen molar-refractivity contribution in [3.05, 3.63) is 53.2 Å². The highest BCUT2D eigenvalue weighted by molar-refractivity contribution is 6.03. The molecule has 0 unspecified atom stereocenters. The Balaban J connectivity index is 1.94. The maximum absolute atomic E-state index is 13.7. The predicted octanol–water partition coefficient (Wildman–Crippen LogP) is 4.00. The molecule has 0 atom stereocenters. The number of para-hydroxylation sites is 2. The molecule has 0 bridgehead atoms. The lowest BCUT2D eigenvalue weighted by molar-refractivity contribution is -0.140. The average molecular weight is 451 g/mol. The summed E-state index contributed by atoms with van der Waals surface area (Å²) in [6.07, 6.45) is -4.74. The number of halogens is 3. The maximum atomic E-state index is 13.7. The fourth-order valence-corrected chi connectivity index (χ4v) is 3.31. The van der Waals surface area contributed by atoms with Crippen LogP contribution >= 0.6 is 0 Å². The van der Waals surface area contributed by atoms with Gasteiger partial charge in [0.05, 0.1) is 37.7 Å². The number of benzene rings is 2. The Morgan fingerprint density at radius 3 is 2.25 bits per heavy atom. The van der Waals surface area contributed by atoms with E-state index in [2.05, 4.69) is 4.74 Å². The van der Waals surface area contributed by atoms with Gasteiger partial charge in [0.1, 0.15) is 12.4 Å². The number of hydrogen-bond acceptors (Lipinski definition) is 8. The summed E-state index contributed by atoms with van der Waals surface area (Å²) in [5.41, 5.74) is -1.79. The number of carbonyl (C=O) groups excluding carboxylic acids is 2. The number of hydrogen-bond donors (Lipinski definition) is 0. The van der Waals surface area contributed by atoms with E-state index in [1.54, 1.807) is 18.2 Å². The van der Waals surface area contributed by atoms with Gasteiger partial charge in [-0.15, -0.1) is 0 Å². The first-order chi connectivity index (χ1) is 15.2. The molecule has 8 nitrogen and oxygen atoms in total. The first-order valence-corrected chi connectivity index (χ1v) is 9.19. The van der Waals surface area contributed by atoms with Gasteiger partial charge < -0.3 is 28.6 Å². The van der Waals surface area contributed by atoms with Crippen LogP contribution < -0.4 is 14.4 Å². The number of ether oxygens (including phenoxy) is 5. The van der Waals surface area contributed by atoms with E-state index in [9.17, 15) is 22.8 Å². The number of esters is 2. The SMILES string of the molecule is COC(=O)C1=C(C(=O)OC)N(c2cc(C(F)(F)F)cc3c2Oc2ccccc2O3)COC1. The summed E-state index contributed by atoms with van der Waals surface area (Å²) in [6, 6.07) is 7.99. The minimum absolute atomic E-state index is 0.0900. The van der Waals surface area contributed by atoms with Gasteiger partial charge in [-0.05, 0) is 24.3 Å². The molecule has 32 heavy (non-hydrogen) atoms. The predicted molar refractivity (Wildman–Crippen MR) is 102 cm³/mol. The third-order valence-electron chi connectivity index (χ3n) is 4.77. The van der Waals surface area contributed by atoms with Crippen LogP contribution in [0.2, 0.25) is 0 Å². The molecule has 2 heterocycles. The highest BCUT2D eigenvalue weighted by Crippen LogP contribution is 2.52. The topological polar surface area (TPSA) is 83.5 Å². The molecule has 0 amide bonds. The van der Waals surface area contributed by atoms with Gasteiger partial charge in [0, 0.05) is 0 Å². The van der Waals surface area contributed by atoms with E-state index in [4.69, 9.17) is 18.9 Å². The quantitative estimate of drug-likeness (QED) is 0.553. The Kier molecular flexibility index (Phi) is 5.43. The molecule has 168 valence electrons. The smallest absolute Gasteiger partial charge is 0.416 e. The molecule has 0 aromatic heterocycles. The normalized spacial score (nSPS) is 15.2. The van der Waals surface area contributed by atoms with Gasteiger partial charge in [-0.3, -0.25) is 0 Å². The third-order valence-corrected chi connectivity index (χ3v) is 4.77. The number of methoxy groups -OCH3 is 2. The van der Waals surface area contributed by atoms with Gasteiger partial charge in [-0.2, -0.15) is 13.2 Å². The van der Waals surface area contributed by atoms with Crippen molar-refractivity contribution in [1.29, 1.82) is 0 Å². The zero-order chi connectivity index (χ0) is 23.0. The highest BCUT2D eigenvalue weighted by atomic mass is 19.4. The molecule has 0 saturated heterocycles. The van der Waals surface area contributed by atoms with Crippen molar-refractivity contribution in [2.75, 3.05) is 32.5 Å². The molecule has 0 spiro atoms. The molecular formula is C21H16F3NO7. The minimum atomic E-state index is -4.74. The lowest BCUT2D eigenvalue weighted by atomic mass is 10.1. The minimum Gasteiger partial charge on any atom is -0.466 e. The van der Waals surface area contributed by atoms with E-state index in [0.29, 0.717) is 0 Å². The van der Waals surface area contributed by atoms with Crippen molar-refractivity contribution < 1.29 is 46.4 Å². The van der Waals surface area contributed by atoms with Crippen molar-refractivity contribution in [3.63, 3.8) is 0 Å². The number of rotatable bonds is 3. The number of carbonyl (C=O) groups is 2. The Morgan fingerprint density at radius 1 is 0.969 bits per heavy atom. The van der Waals surface area contributed by atoms with Crippen LogP contribution in [0.25, 0.3) is 0 Å². The molecule has 2 aliphatic rings. The number of anilines is 1. The summed E-state index contributed by atoms with van der Waals surface area (Å²) >= 11 is 0. The summed E-state index contributed by atoms with van der Waals surface area (Å²) in [4.78, 5) is 25.8. The summed E-state index contributed by atoms with van der Waals surface area (Å²) in [5.74, 6) is -1.68. The van der Waals surface area contributed by atoms with E-state index < -0.39 is 23.7 Å².